The molecule has 228 valence electrons. The van der Waals surface area contributed by atoms with Gasteiger partial charge in [-0.05, 0) is 49.6 Å². The Kier molecular flexibility index (Phi) is 11.5. The van der Waals surface area contributed by atoms with Crippen LogP contribution >= 0.6 is 0 Å². The third-order valence-corrected chi connectivity index (χ3v) is 7.83. The molecule has 3 amide bonds. The Labute approximate surface area is 246 Å². The number of hydrogen-bond donors (Lipinski definition) is 2. The largest absolute Gasteiger partial charge is 0.493 e. The van der Waals surface area contributed by atoms with E-state index < -0.39 is 39.4 Å². The van der Waals surface area contributed by atoms with Crippen LogP contribution in [0.4, 0.5) is 5.69 Å². The van der Waals surface area contributed by atoms with Gasteiger partial charge >= 0.3 is 5.97 Å². The van der Waals surface area contributed by atoms with Crippen LogP contribution < -0.4 is 14.8 Å². The SMILES string of the molecule is CCOc1cc(C(CS(C)(=O)=O)N2C(=O)c3cccc(NC(=O)CCCCCCCCC(=O)O)c3C2=O)ccc1OC. The second-order valence-corrected chi connectivity index (χ2v) is 12.4. The van der Waals surface area contributed by atoms with Gasteiger partial charge in [-0.25, -0.2) is 8.42 Å². The molecule has 12 heteroatoms. The number of amides is 3. The number of rotatable bonds is 17. The lowest BCUT2D eigenvalue weighted by atomic mass is 10.1. The molecule has 2 aromatic carbocycles. The van der Waals surface area contributed by atoms with Gasteiger partial charge < -0.3 is 19.9 Å². The molecule has 0 aliphatic carbocycles. The Morgan fingerprint density at radius 1 is 0.952 bits per heavy atom. The van der Waals surface area contributed by atoms with Crippen molar-refractivity contribution in [2.24, 2.45) is 0 Å². The van der Waals surface area contributed by atoms with Crippen LogP contribution in [0.1, 0.15) is 90.6 Å². The fourth-order valence-electron chi connectivity index (χ4n) is 4.95. The first-order chi connectivity index (χ1) is 20.0. The van der Waals surface area contributed by atoms with Gasteiger partial charge in [0.25, 0.3) is 11.8 Å². The zero-order valence-electron chi connectivity index (χ0n) is 24.2. The smallest absolute Gasteiger partial charge is 0.303 e. The molecule has 0 fully saturated rings. The van der Waals surface area contributed by atoms with E-state index in [1.807, 2.05) is 0 Å². The highest BCUT2D eigenvalue weighted by Crippen LogP contribution is 2.38. The predicted molar refractivity (Wildman–Crippen MR) is 157 cm³/mol. The molecule has 0 bridgehead atoms. The summed E-state index contributed by atoms with van der Waals surface area (Å²) in [5, 5.41) is 11.4. The first-order valence-electron chi connectivity index (χ1n) is 14.0. The minimum atomic E-state index is -3.65. The van der Waals surface area contributed by atoms with Crippen molar-refractivity contribution in [2.45, 2.75) is 64.3 Å². The zero-order chi connectivity index (χ0) is 30.9. The van der Waals surface area contributed by atoms with Crippen LogP contribution in [0.3, 0.4) is 0 Å². The molecule has 1 heterocycles. The normalized spacial score (nSPS) is 13.5. The standard InChI is InChI=1S/C30H38N2O9S/c1-4-41-25-18-20(16-17-24(25)40-2)23(19-42(3,38)39)32-29(36)21-12-11-13-22(28(21)30(32)37)31-26(33)14-9-7-5-6-8-10-15-27(34)35/h11-13,16-18,23H,4-10,14-15,19H2,1-3H3,(H,31,33)(H,34,35). The average molecular weight is 603 g/mol. The minimum Gasteiger partial charge on any atom is -0.493 e. The molecule has 1 unspecified atom stereocenters. The van der Waals surface area contributed by atoms with Gasteiger partial charge in [0, 0.05) is 19.1 Å². The van der Waals surface area contributed by atoms with Crippen LogP contribution in [0, 0.1) is 0 Å². The van der Waals surface area contributed by atoms with E-state index in [9.17, 15) is 27.6 Å². The van der Waals surface area contributed by atoms with Crippen LogP contribution in [0.25, 0.3) is 0 Å². The summed E-state index contributed by atoms with van der Waals surface area (Å²) in [6.45, 7) is 2.10. The molecule has 2 N–H and O–H groups in total. The number of hydrogen-bond acceptors (Lipinski definition) is 8. The number of carbonyl (C=O) groups excluding carboxylic acids is 3. The second-order valence-electron chi connectivity index (χ2n) is 10.2. The molecule has 1 atom stereocenters. The molecule has 1 aliphatic rings. The highest BCUT2D eigenvalue weighted by atomic mass is 32.2. The predicted octanol–water partition coefficient (Wildman–Crippen LogP) is 4.62. The van der Waals surface area contributed by atoms with E-state index >= 15 is 0 Å². The number of unbranched alkanes of at least 4 members (excludes halogenated alkanes) is 5. The van der Waals surface area contributed by atoms with Crippen LogP contribution in [-0.2, 0) is 19.4 Å². The molecular weight excluding hydrogens is 564 g/mol. The Bertz CT molecular complexity index is 1420. The van der Waals surface area contributed by atoms with E-state index in [1.165, 1.54) is 13.2 Å². The van der Waals surface area contributed by atoms with Crippen molar-refractivity contribution in [1.82, 2.24) is 4.90 Å². The van der Waals surface area contributed by atoms with Gasteiger partial charge in [-0.3, -0.25) is 24.1 Å². The van der Waals surface area contributed by atoms with Gasteiger partial charge in [0.15, 0.2) is 11.5 Å². The Hall–Kier alpha value is -3.93. The van der Waals surface area contributed by atoms with Crippen LogP contribution in [0.5, 0.6) is 11.5 Å². The maximum absolute atomic E-state index is 13.7. The number of aliphatic carboxylic acids is 1. The third kappa shape index (κ3) is 8.54. The van der Waals surface area contributed by atoms with Crippen molar-refractivity contribution in [3.8, 4) is 11.5 Å². The summed E-state index contributed by atoms with van der Waals surface area (Å²) < 4.78 is 35.8. The Morgan fingerprint density at radius 2 is 1.62 bits per heavy atom. The first kappa shape index (κ1) is 32.6. The van der Waals surface area contributed by atoms with Gasteiger partial charge in [-0.1, -0.05) is 37.8 Å². The van der Waals surface area contributed by atoms with Crippen LogP contribution in [0.15, 0.2) is 36.4 Å². The van der Waals surface area contributed by atoms with E-state index in [4.69, 9.17) is 14.6 Å². The minimum absolute atomic E-state index is 0.0197. The lowest BCUT2D eigenvalue weighted by Crippen LogP contribution is -2.37. The number of benzene rings is 2. The summed E-state index contributed by atoms with van der Waals surface area (Å²) in [6.07, 6.45) is 6.06. The topological polar surface area (TPSA) is 156 Å². The fraction of sp³-hybridized carbons (Fsp3) is 0.467. The number of nitrogens with one attached hydrogen (secondary N) is 1. The first-order valence-corrected chi connectivity index (χ1v) is 16.0. The quantitative estimate of drug-likeness (QED) is 0.195. The molecule has 0 radical (unpaired) electrons. The molecule has 3 rings (SSSR count). The average Bonchev–Trinajstić information content (AvgIpc) is 3.18. The maximum atomic E-state index is 13.7. The molecule has 0 spiro atoms. The number of methoxy groups -OCH3 is 1. The molecule has 2 aromatic rings. The lowest BCUT2D eigenvalue weighted by molar-refractivity contribution is -0.137. The summed E-state index contributed by atoms with van der Waals surface area (Å²) in [6, 6.07) is 8.19. The number of ether oxygens (including phenoxy) is 2. The van der Waals surface area contributed by atoms with E-state index in [1.54, 1.807) is 37.3 Å². The van der Waals surface area contributed by atoms with Gasteiger partial charge in [0.2, 0.25) is 5.91 Å². The second kappa shape index (κ2) is 14.8. The zero-order valence-corrected chi connectivity index (χ0v) is 25.0. The number of nitrogens with zero attached hydrogens (tertiary/aromatic N) is 1. The summed E-state index contributed by atoms with van der Waals surface area (Å²) in [7, 11) is -2.18. The molecule has 11 nitrogen and oxygen atoms in total. The van der Waals surface area contributed by atoms with Crippen molar-refractivity contribution in [3.05, 3.63) is 53.1 Å². The highest BCUT2D eigenvalue weighted by Gasteiger charge is 2.43. The van der Waals surface area contributed by atoms with Crippen LogP contribution in [-0.4, -0.2) is 67.8 Å². The number of carboxylic acid groups (broad SMARTS) is 1. The van der Waals surface area contributed by atoms with Gasteiger partial charge in [-0.15, -0.1) is 0 Å². The highest BCUT2D eigenvalue weighted by molar-refractivity contribution is 7.90. The number of sulfone groups is 1. The van der Waals surface area contributed by atoms with Crippen molar-refractivity contribution < 1.29 is 42.2 Å². The Balaban J connectivity index is 1.77. The monoisotopic (exact) mass is 602 g/mol. The van der Waals surface area contributed by atoms with E-state index in [2.05, 4.69) is 5.32 Å². The molecule has 42 heavy (non-hydrogen) atoms. The van der Waals surface area contributed by atoms with Crippen LogP contribution in [0.2, 0.25) is 0 Å². The number of fused-ring (bicyclic) bond motifs is 1. The van der Waals surface area contributed by atoms with Crippen molar-refractivity contribution >= 4 is 39.2 Å². The van der Waals surface area contributed by atoms with Crippen molar-refractivity contribution in [3.63, 3.8) is 0 Å². The van der Waals surface area contributed by atoms with E-state index in [0.717, 1.165) is 36.8 Å². The van der Waals surface area contributed by atoms with E-state index in [0.29, 0.717) is 36.5 Å². The van der Waals surface area contributed by atoms with Gasteiger partial charge in [0.1, 0.15) is 9.84 Å². The molecule has 0 aromatic heterocycles. The summed E-state index contributed by atoms with van der Waals surface area (Å²) >= 11 is 0. The maximum Gasteiger partial charge on any atom is 0.303 e. The molecular formula is C30H38N2O9S. The number of carbonyl (C=O) groups is 4. The van der Waals surface area contributed by atoms with Crippen molar-refractivity contribution in [2.75, 3.05) is 31.0 Å². The summed E-state index contributed by atoms with van der Waals surface area (Å²) in [4.78, 5) is 51.5. The van der Waals surface area contributed by atoms with Gasteiger partial charge in [0.05, 0.1) is 42.3 Å². The fourth-order valence-corrected chi connectivity index (χ4v) is 5.86. The third-order valence-electron chi connectivity index (χ3n) is 6.91. The lowest BCUT2D eigenvalue weighted by Gasteiger charge is -2.27. The number of imide groups is 1. The summed E-state index contributed by atoms with van der Waals surface area (Å²) in [5.41, 5.74) is 0.671. The molecule has 0 saturated heterocycles. The molecule has 1 aliphatic heterocycles. The van der Waals surface area contributed by atoms with E-state index in [-0.39, 0.29) is 35.6 Å². The summed E-state index contributed by atoms with van der Waals surface area (Å²) in [5.74, 6) is -2.20. The number of carboxylic acids is 1. The Morgan fingerprint density at radius 3 is 2.24 bits per heavy atom. The van der Waals surface area contributed by atoms with Gasteiger partial charge in [-0.2, -0.15) is 0 Å². The van der Waals surface area contributed by atoms with Crippen molar-refractivity contribution in [1.29, 1.82) is 0 Å². The molecule has 0 saturated carbocycles. The number of anilines is 1.